The summed E-state index contributed by atoms with van der Waals surface area (Å²) >= 11 is 0. The van der Waals surface area contributed by atoms with Crippen LogP contribution in [0, 0.1) is 11.8 Å². The first-order valence-corrected chi connectivity index (χ1v) is 7.39. The molecule has 1 amide bonds. The second-order valence-electron chi connectivity index (χ2n) is 6.04. The molecule has 112 valence electrons. The molecule has 19 heavy (non-hydrogen) atoms. The van der Waals surface area contributed by atoms with Gasteiger partial charge in [-0.1, -0.05) is 6.92 Å². The van der Waals surface area contributed by atoms with Crippen LogP contribution in [0.2, 0.25) is 0 Å². The Morgan fingerprint density at radius 1 is 1.21 bits per heavy atom. The van der Waals surface area contributed by atoms with E-state index in [0.717, 1.165) is 45.6 Å². The zero-order valence-corrected chi connectivity index (χ0v) is 12.8. The first kappa shape index (κ1) is 16.7. The summed E-state index contributed by atoms with van der Waals surface area (Å²) in [6.07, 6.45) is 4.74. The number of likely N-dealkylation sites (tertiary alicyclic amines) is 2. The van der Waals surface area contributed by atoms with E-state index in [0.29, 0.717) is 24.3 Å². The number of nitrogens with two attached hydrogens (primary N) is 1. The second-order valence-corrected chi connectivity index (χ2v) is 6.04. The summed E-state index contributed by atoms with van der Waals surface area (Å²) in [5, 5.41) is 0. The molecule has 0 bridgehead atoms. The van der Waals surface area contributed by atoms with Crippen molar-refractivity contribution < 1.29 is 4.79 Å². The highest BCUT2D eigenvalue weighted by Gasteiger charge is 2.24. The third-order valence-electron chi connectivity index (χ3n) is 4.41. The molecule has 2 saturated heterocycles. The quantitative estimate of drug-likeness (QED) is 0.853. The van der Waals surface area contributed by atoms with Gasteiger partial charge in [0.05, 0.1) is 6.54 Å². The summed E-state index contributed by atoms with van der Waals surface area (Å²) < 4.78 is 0. The number of carbonyl (C=O) groups is 1. The van der Waals surface area contributed by atoms with Crippen LogP contribution in [0.4, 0.5) is 0 Å². The molecule has 2 rings (SSSR count). The maximum atomic E-state index is 12.2. The zero-order valence-electron chi connectivity index (χ0n) is 12.0. The number of piperidine rings is 2. The molecule has 0 aliphatic carbocycles. The normalized spacial score (nSPS) is 26.0. The van der Waals surface area contributed by atoms with Gasteiger partial charge in [0.15, 0.2) is 0 Å². The van der Waals surface area contributed by atoms with Crippen molar-refractivity contribution in [2.75, 3.05) is 39.3 Å². The number of hydrogen-bond donors (Lipinski definition) is 1. The van der Waals surface area contributed by atoms with Crippen molar-refractivity contribution in [3.05, 3.63) is 0 Å². The fourth-order valence-electron chi connectivity index (χ4n) is 3.09. The lowest BCUT2D eigenvalue weighted by molar-refractivity contribution is -0.134. The monoisotopic (exact) mass is 289 g/mol. The van der Waals surface area contributed by atoms with E-state index in [2.05, 4.69) is 16.7 Å². The SMILES string of the molecule is CC1CCCN(C(=O)CN2CCC(CN)CC2)C1.Cl. The molecule has 2 N–H and O–H groups in total. The molecule has 0 aromatic rings. The molecule has 4 nitrogen and oxygen atoms in total. The van der Waals surface area contributed by atoms with Gasteiger partial charge in [-0.15, -0.1) is 12.4 Å². The fourth-order valence-corrected chi connectivity index (χ4v) is 3.09. The maximum absolute atomic E-state index is 12.2. The average molecular weight is 290 g/mol. The summed E-state index contributed by atoms with van der Waals surface area (Å²) in [7, 11) is 0. The Hall–Kier alpha value is -0.320. The van der Waals surface area contributed by atoms with Gasteiger partial charge in [0.1, 0.15) is 0 Å². The van der Waals surface area contributed by atoms with Gasteiger partial charge in [0, 0.05) is 13.1 Å². The third kappa shape index (κ3) is 4.93. The predicted molar refractivity (Wildman–Crippen MR) is 80.4 cm³/mol. The van der Waals surface area contributed by atoms with Crippen molar-refractivity contribution in [1.29, 1.82) is 0 Å². The van der Waals surface area contributed by atoms with Crippen LogP contribution >= 0.6 is 12.4 Å². The van der Waals surface area contributed by atoms with Crippen LogP contribution < -0.4 is 5.73 Å². The predicted octanol–water partition coefficient (Wildman–Crippen LogP) is 1.34. The first-order valence-electron chi connectivity index (χ1n) is 7.39. The van der Waals surface area contributed by atoms with Crippen LogP contribution in [0.1, 0.15) is 32.6 Å². The molecule has 2 aliphatic rings. The van der Waals surface area contributed by atoms with Gasteiger partial charge in [-0.25, -0.2) is 0 Å². The Kier molecular flexibility index (Phi) is 7.11. The minimum absolute atomic E-state index is 0. The Labute approximate surface area is 123 Å². The largest absolute Gasteiger partial charge is 0.341 e. The van der Waals surface area contributed by atoms with Gasteiger partial charge in [-0.3, -0.25) is 9.69 Å². The standard InChI is InChI=1S/C14H27N3O.ClH/c1-12-3-2-6-17(10-12)14(18)11-16-7-4-13(9-15)5-8-16;/h12-13H,2-11,15H2,1H3;1H. The van der Waals surface area contributed by atoms with Crippen LogP contribution in [0.15, 0.2) is 0 Å². The maximum Gasteiger partial charge on any atom is 0.236 e. The minimum atomic E-state index is 0. The molecule has 2 aliphatic heterocycles. The van der Waals surface area contributed by atoms with Crippen molar-refractivity contribution >= 4 is 18.3 Å². The van der Waals surface area contributed by atoms with Gasteiger partial charge in [-0.2, -0.15) is 0 Å². The molecule has 5 heteroatoms. The number of carbonyl (C=O) groups excluding carboxylic acids is 1. The molecule has 0 spiro atoms. The van der Waals surface area contributed by atoms with Gasteiger partial charge in [0.2, 0.25) is 5.91 Å². The number of hydrogen-bond acceptors (Lipinski definition) is 3. The van der Waals surface area contributed by atoms with Gasteiger partial charge in [-0.05, 0) is 57.2 Å². The lowest BCUT2D eigenvalue weighted by Crippen LogP contribution is -2.46. The Bertz CT molecular complexity index is 280. The molecule has 1 unspecified atom stereocenters. The highest BCUT2D eigenvalue weighted by Crippen LogP contribution is 2.18. The van der Waals surface area contributed by atoms with Crippen LogP contribution in [-0.2, 0) is 4.79 Å². The highest BCUT2D eigenvalue weighted by atomic mass is 35.5. The van der Waals surface area contributed by atoms with E-state index < -0.39 is 0 Å². The van der Waals surface area contributed by atoms with Crippen LogP contribution in [0.5, 0.6) is 0 Å². The van der Waals surface area contributed by atoms with E-state index in [4.69, 9.17) is 5.73 Å². The van der Waals surface area contributed by atoms with E-state index >= 15 is 0 Å². The van der Waals surface area contributed by atoms with Gasteiger partial charge >= 0.3 is 0 Å². The number of nitrogens with zero attached hydrogens (tertiary/aromatic N) is 2. The lowest BCUT2D eigenvalue weighted by atomic mass is 9.97. The van der Waals surface area contributed by atoms with Crippen LogP contribution in [0.25, 0.3) is 0 Å². The van der Waals surface area contributed by atoms with E-state index in [1.165, 1.54) is 12.8 Å². The first-order chi connectivity index (χ1) is 8.69. The lowest BCUT2D eigenvalue weighted by Gasteiger charge is -2.35. The van der Waals surface area contributed by atoms with E-state index in [-0.39, 0.29) is 12.4 Å². The molecule has 2 heterocycles. The van der Waals surface area contributed by atoms with Crippen molar-refractivity contribution in [3.63, 3.8) is 0 Å². The zero-order chi connectivity index (χ0) is 13.0. The summed E-state index contributed by atoms with van der Waals surface area (Å²) in [5.74, 6) is 1.67. The van der Waals surface area contributed by atoms with E-state index in [1.807, 2.05) is 0 Å². The minimum Gasteiger partial charge on any atom is -0.341 e. The third-order valence-corrected chi connectivity index (χ3v) is 4.41. The van der Waals surface area contributed by atoms with Crippen molar-refractivity contribution in [2.45, 2.75) is 32.6 Å². The Balaban J connectivity index is 0.00000180. The molecule has 1 atom stereocenters. The Morgan fingerprint density at radius 2 is 1.89 bits per heavy atom. The van der Waals surface area contributed by atoms with Crippen molar-refractivity contribution in [3.8, 4) is 0 Å². The van der Waals surface area contributed by atoms with Crippen LogP contribution in [-0.4, -0.2) is 55.0 Å². The van der Waals surface area contributed by atoms with E-state index in [1.54, 1.807) is 0 Å². The molecular formula is C14H28ClN3O. The molecule has 0 saturated carbocycles. The molecule has 0 radical (unpaired) electrons. The number of rotatable bonds is 3. The smallest absolute Gasteiger partial charge is 0.236 e. The topological polar surface area (TPSA) is 49.6 Å². The average Bonchev–Trinajstić information content (AvgIpc) is 2.39. The van der Waals surface area contributed by atoms with Gasteiger partial charge < -0.3 is 10.6 Å². The summed E-state index contributed by atoms with van der Waals surface area (Å²) in [4.78, 5) is 16.6. The summed E-state index contributed by atoms with van der Waals surface area (Å²) in [6.45, 7) is 7.65. The molecule has 0 aromatic carbocycles. The molecule has 2 fully saturated rings. The van der Waals surface area contributed by atoms with Crippen LogP contribution in [0.3, 0.4) is 0 Å². The fraction of sp³-hybridized carbons (Fsp3) is 0.929. The van der Waals surface area contributed by atoms with Gasteiger partial charge in [0.25, 0.3) is 0 Å². The Morgan fingerprint density at radius 3 is 2.47 bits per heavy atom. The number of amides is 1. The van der Waals surface area contributed by atoms with Crippen molar-refractivity contribution in [2.24, 2.45) is 17.6 Å². The summed E-state index contributed by atoms with van der Waals surface area (Å²) in [5.41, 5.74) is 5.69. The van der Waals surface area contributed by atoms with Crippen molar-refractivity contribution in [1.82, 2.24) is 9.80 Å². The molecule has 0 aromatic heterocycles. The molecular weight excluding hydrogens is 262 g/mol. The second kappa shape index (κ2) is 8.08. The summed E-state index contributed by atoms with van der Waals surface area (Å²) in [6, 6.07) is 0. The van der Waals surface area contributed by atoms with E-state index in [9.17, 15) is 4.79 Å². The highest BCUT2D eigenvalue weighted by molar-refractivity contribution is 5.85. The number of halogens is 1.